The fourth-order valence-corrected chi connectivity index (χ4v) is 5.49. The van der Waals surface area contributed by atoms with Gasteiger partial charge in [0.05, 0.1) is 17.8 Å². The summed E-state index contributed by atoms with van der Waals surface area (Å²) in [4.78, 5) is 0. The Morgan fingerprint density at radius 1 is 0.906 bits per heavy atom. The Hall–Kier alpha value is -0.200. The number of rotatable bonds is 19. The minimum Gasteiger partial charge on any atom is -0.493 e. The van der Waals surface area contributed by atoms with Gasteiger partial charge in [0.25, 0.3) is 0 Å². The monoisotopic (exact) mass is 522 g/mol. The van der Waals surface area contributed by atoms with Crippen molar-refractivity contribution < 1.29 is 14.2 Å². The molecule has 7 heteroatoms. The van der Waals surface area contributed by atoms with Crippen molar-refractivity contribution in [2.24, 2.45) is 0 Å². The van der Waals surface area contributed by atoms with Crippen molar-refractivity contribution in [1.29, 1.82) is 0 Å². The Bertz CT molecular complexity index is 619. The van der Waals surface area contributed by atoms with Gasteiger partial charge < -0.3 is 14.2 Å². The molecular formula is C25H40Cl2O3S2. The van der Waals surface area contributed by atoms with E-state index >= 15 is 0 Å². The molecule has 0 aromatic heterocycles. The van der Waals surface area contributed by atoms with Crippen LogP contribution in [0.25, 0.3) is 0 Å². The molecule has 0 aliphatic heterocycles. The molecule has 1 rings (SSSR count). The van der Waals surface area contributed by atoms with E-state index in [4.69, 9.17) is 37.4 Å². The van der Waals surface area contributed by atoms with Crippen molar-refractivity contribution in [3.8, 4) is 11.5 Å². The second-order valence-corrected chi connectivity index (χ2v) is 11.3. The van der Waals surface area contributed by atoms with E-state index in [2.05, 4.69) is 39.8 Å². The molecule has 0 aliphatic carbocycles. The predicted molar refractivity (Wildman–Crippen MR) is 145 cm³/mol. The Morgan fingerprint density at radius 2 is 1.50 bits per heavy atom. The maximum absolute atomic E-state index is 6.21. The van der Waals surface area contributed by atoms with Crippen molar-refractivity contribution in [1.82, 2.24) is 0 Å². The summed E-state index contributed by atoms with van der Waals surface area (Å²) in [6.45, 7) is 11.4. The van der Waals surface area contributed by atoms with E-state index in [1.54, 1.807) is 6.08 Å². The zero-order valence-electron chi connectivity index (χ0n) is 20.1. The summed E-state index contributed by atoms with van der Waals surface area (Å²) in [6.07, 6.45) is 7.85. The van der Waals surface area contributed by atoms with Gasteiger partial charge in [0.2, 0.25) is 0 Å². The van der Waals surface area contributed by atoms with Crippen LogP contribution in [-0.4, -0.2) is 42.5 Å². The Morgan fingerprint density at radius 3 is 2.03 bits per heavy atom. The Balaban J connectivity index is 2.44. The van der Waals surface area contributed by atoms with Crippen molar-refractivity contribution >= 4 is 46.7 Å². The van der Waals surface area contributed by atoms with E-state index in [1.807, 2.05) is 23.5 Å². The zero-order valence-corrected chi connectivity index (χ0v) is 23.2. The van der Waals surface area contributed by atoms with E-state index < -0.39 is 0 Å². The Labute approximate surface area is 214 Å². The van der Waals surface area contributed by atoms with Crippen LogP contribution in [0.5, 0.6) is 11.5 Å². The third-order valence-electron chi connectivity index (χ3n) is 4.66. The van der Waals surface area contributed by atoms with Crippen molar-refractivity contribution in [2.75, 3.05) is 37.9 Å². The molecule has 0 spiro atoms. The molecule has 1 aromatic carbocycles. The molecule has 0 saturated carbocycles. The molecule has 0 fully saturated rings. The van der Waals surface area contributed by atoms with Gasteiger partial charge in [0.1, 0.15) is 22.6 Å². The van der Waals surface area contributed by atoms with Gasteiger partial charge in [0.15, 0.2) is 0 Å². The van der Waals surface area contributed by atoms with Crippen molar-refractivity contribution in [2.45, 2.75) is 70.8 Å². The molecule has 0 aliphatic rings. The summed E-state index contributed by atoms with van der Waals surface area (Å²) in [5.41, 5.74) is 2.33. The standard InChI is InChI=1S/C25H40Cl2O3S2/c1-5-15-31-24(32-16-6-2)19-28-12-9-10-13-30-25-20(7-3)17-22(18-21(25)8-4)29-14-11-23(26)27/h11,17-18,24H,5-10,12-16,19H2,1-4H3. The number of benzene rings is 1. The highest BCUT2D eigenvalue weighted by Gasteiger charge is 2.12. The highest BCUT2D eigenvalue weighted by Crippen LogP contribution is 2.31. The van der Waals surface area contributed by atoms with E-state index in [0.29, 0.717) is 17.8 Å². The van der Waals surface area contributed by atoms with Gasteiger partial charge in [-0.25, -0.2) is 0 Å². The second kappa shape index (κ2) is 19.1. The highest BCUT2D eigenvalue weighted by molar-refractivity contribution is 8.17. The van der Waals surface area contributed by atoms with Gasteiger partial charge in [-0.1, -0.05) is 50.9 Å². The highest BCUT2D eigenvalue weighted by atomic mass is 35.5. The third kappa shape index (κ3) is 12.9. The van der Waals surface area contributed by atoms with Crippen LogP contribution in [0.1, 0.15) is 64.5 Å². The van der Waals surface area contributed by atoms with Crippen LogP contribution >= 0.6 is 46.7 Å². The maximum atomic E-state index is 6.21. The molecule has 32 heavy (non-hydrogen) atoms. The number of unbranched alkanes of at least 4 members (excludes halogenated alkanes) is 1. The molecule has 1 aromatic rings. The van der Waals surface area contributed by atoms with Crippen LogP contribution in [-0.2, 0) is 17.6 Å². The van der Waals surface area contributed by atoms with Crippen LogP contribution in [0, 0.1) is 0 Å². The lowest BCUT2D eigenvalue weighted by atomic mass is 10.0. The molecule has 0 N–H and O–H groups in total. The van der Waals surface area contributed by atoms with Crippen LogP contribution in [0.15, 0.2) is 22.7 Å². The number of hydrogen-bond acceptors (Lipinski definition) is 5. The Kier molecular flexibility index (Phi) is 17.8. The van der Waals surface area contributed by atoms with Gasteiger partial charge in [0, 0.05) is 6.61 Å². The molecule has 0 radical (unpaired) electrons. The molecule has 0 saturated heterocycles. The van der Waals surface area contributed by atoms with Gasteiger partial charge in [-0.2, -0.15) is 0 Å². The first-order valence-corrected chi connectivity index (χ1v) is 14.6. The normalized spacial score (nSPS) is 11.1. The lowest BCUT2D eigenvalue weighted by Gasteiger charge is -2.17. The van der Waals surface area contributed by atoms with E-state index in [9.17, 15) is 0 Å². The number of aryl methyl sites for hydroxylation is 2. The topological polar surface area (TPSA) is 27.7 Å². The quantitative estimate of drug-likeness (QED) is 0.134. The first-order chi connectivity index (χ1) is 15.5. The van der Waals surface area contributed by atoms with Gasteiger partial charge >= 0.3 is 0 Å². The smallest absolute Gasteiger partial charge is 0.125 e. The average molecular weight is 524 g/mol. The van der Waals surface area contributed by atoms with Gasteiger partial charge in [-0.3, -0.25) is 0 Å². The number of ether oxygens (including phenoxy) is 3. The predicted octanol–water partition coefficient (Wildman–Crippen LogP) is 8.30. The van der Waals surface area contributed by atoms with E-state index in [0.717, 1.165) is 50.4 Å². The molecule has 0 amide bonds. The molecule has 184 valence electrons. The molecule has 0 atom stereocenters. The van der Waals surface area contributed by atoms with Crippen LogP contribution < -0.4 is 9.47 Å². The molecule has 0 bridgehead atoms. The largest absolute Gasteiger partial charge is 0.493 e. The van der Waals surface area contributed by atoms with Crippen LogP contribution in [0.3, 0.4) is 0 Å². The maximum Gasteiger partial charge on any atom is 0.125 e. The fraction of sp³-hybridized carbons (Fsp3) is 0.680. The first-order valence-electron chi connectivity index (χ1n) is 11.8. The number of thioether (sulfide) groups is 2. The first kappa shape index (κ1) is 29.8. The molecular weight excluding hydrogens is 483 g/mol. The lowest BCUT2D eigenvalue weighted by Crippen LogP contribution is -2.11. The zero-order chi connectivity index (χ0) is 23.6. The second-order valence-electron chi connectivity index (χ2n) is 7.38. The van der Waals surface area contributed by atoms with Crippen molar-refractivity contribution in [3.63, 3.8) is 0 Å². The van der Waals surface area contributed by atoms with Crippen LogP contribution in [0.4, 0.5) is 0 Å². The lowest BCUT2D eigenvalue weighted by molar-refractivity contribution is 0.137. The summed E-state index contributed by atoms with van der Waals surface area (Å²) in [5, 5.41) is 0. The average Bonchev–Trinajstić information content (AvgIpc) is 2.79. The minimum atomic E-state index is 0.218. The van der Waals surface area contributed by atoms with Gasteiger partial charge in [-0.05, 0) is 79.4 Å². The summed E-state index contributed by atoms with van der Waals surface area (Å²) in [6, 6.07) is 4.10. The van der Waals surface area contributed by atoms with Crippen LogP contribution in [0.2, 0.25) is 0 Å². The van der Waals surface area contributed by atoms with Crippen molar-refractivity contribution in [3.05, 3.63) is 33.8 Å². The minimum absolute atomic E-state index is 0.218. The number of hydrogen-bond donors (Lipinski definition) is 0. The van der Waals surface area contributed by atoms with E-state index in [1.165, 1.54) is 35.5 Å². The summed E-state index contributed by atoms with van der Waals surface area (Å²) < 4.78 is 18.7. The SMILES string of the molecule is CCCSC(COCCCCOc1c(CC)cc(OCC=C(Cl)Cl)cc1CC)SCCC. The van der Waals surface area contributed by atoms with Gasteiger partial charge in [-0.15, -0.1) is 23.5 Å². The summed E-state index contributed by atoms with van der Waals surface area (Å²) >= 11 is 15.4. The fourth-order valence-electron chi connectivity index (χ4n) is 3.02. The number of halogens is 2. The summed E-state index contributed by atoms with van der Waals surface area (Å²) in [7, 11) is 0. The molecule has 3 nitrogen and oxygen atoms in total. The molecule has 0 unspecified atom stereocenters. The molecule has 0 heterocycles. The summed E-state index contributed by atoms with van der Waals surface area (Å²) in [5.74, 6) is 4.24. The van der Waals surface area contributed by atoms with E-state index in [-0.39, 0.29) is 4.49 Å². The third-order valence-corrected chi connectivity index (χ3v) is 8.09.